The number of aliphatic hydroxyl groups is 1. The summed E-state index contributed by atoms with van der Waals surface area (Å²) in [5.41, 5.74) is 4.01. The number of ether oxygens (including phenoxy) is 1. The van der Waals surface area contributed by atoms with E-state index in [1.165, 1.54) is 6.92 Å². The average Bonchev–Trinajstić information content (AvgIpc) is 2.95. The maximum atomic E-state index is 14.1. The number of aryl methyl sites for hydroxylation is 4. The quantitative estimate of drug-likeness (QED) is 0.160. The van der Waals surface area contributed by atoms with Gasteiger partial charge in [0.15, 0.2) is 0 Å². The fraction of sp³-hybridized carbons (Fsp3) is 0.432. The first kappa shape index (κ1) is 32.9. The van der Waals surface area contributed by atoms with Gasteiger partial charge in [0.1, 0.15) is 17.5 Å². The third-order valence-electron chi connectivity index (χ3n) is 8.64. The van der Waals surface area contributed by atoms with Crippen molar-refractivity contribution in [3.05, 3.63) is 88.5 Å². The smallest absolute Gasteiger partial charge is 0.235 e. The van der Waals surface area contributed by atoms with Gasteiger partial charge in [0, 0.05) is 23.7 Å². The van der Waals surface area contributed by atoms with Crippen molar-refractivity contribution in [2.24, 2.45) is 11.8 Å². The fourth-order valence-electron chi connectivity index (χ4n) is 6.33. The first-order valence-corrected chi connectivity index (χ1v) is 15.7. The van der Waals surface area contributed by atoms with Crippen LogP contribution in [-0.4, -0.2) is 34.9 Å². The largest absolute Gasteiger partial charge is 0.494 e. The van der Waals surface area contributed by atoms with Crippen LogP contribution in [0.2, 0.25) is 0 Å². The molecule has 0 radical (unpaired) electrons. The van der Waals surface area contributed by atoms with Crippen LogP contribution in [0.5, 0.6) is 5.75 Å². The van der Waals surface area contributed by atoms with Crippen LogP contribution in [-0.2, 0) is 14.4 Å². The van der Waals surface area contributed by atoms with E-state index in [-0.39, 0.29) is 6.42 Å². The maximum Gasteiger partial charge on any atom is 0.235 e. The van der Waals surface area contributed by atoms with Crippen LogP contribution in [0.1, 0.15) is 79.7 Å². The average molecular weight is 599 g/mol. The second-order valence-electron chi connectivity index (χ2n) is 12.6. The van der Waals surface area contributed by atoms with Crippen LogP contribution in [0.15, 0.2) is 60.7 Å². The third-order valence-corrected chi connectivity index (χ3v) is 8.64. The Bertz CT molecular complexity index is 1490. The number of hydrogen-bond acceptors (Lipinski definition) is 5. The molecule has 234 valence electrons. The van der Waals surface area contributed by atoms with E-state index in [1.807, 2.05) is 64.1 Å². The number of carbonyl (C=O) groups is 3. The van der Waals surface area contributed by atoms with E-state index in [0.717, 1.165) is 47.9 Å². The van der Waals surface area contributed by atoms with Gasteiger partial charge >= 0.3 is 0 Å². The highest BCUT2D eigenvalue weighted by molar-refractivity contribution is 6.10. The highest BCUT2D eigenvalue weighted by Gasteiger charge is 2.56. The number of Topliss-reactive ketones (excluding diaryl/α,β-unsaturated/α-hetero) is 1. The monoisotopic (exact) mass is 598 g/mol. The highest BCUT2D eigenvalue weighted by Crippen LogP contribution is 2.47. The summed E-state index contributed by atoms with van der Waals surface area (Å²) in [7, 11) is 0. The second kappa shape index (κ2) is 14.2. The minimum absolute atomic E-state index is 0.321. The molecule has 0 bridgehead atoms. The Morgan fingerprint density at radius 3 is 1.95 bits per heavy atom. The number of ketones is 1. The Morgan fingerprint density at radius 2 is 1.41 bits per heavy atom. The summed E-state index contributed by atoms with van der Waals surface area (Å²) >= 11 is 0. The zero-order valence-corrected chi connectivity index (χ0v) is 26.8. The highest BCUT2D eigenvalue weighted by atomic mass is 16.5. The van der Waals surface area contributed by atoms with Crippen molar-refractivity contribution < 1.29 is 24.2 Å². The standard InChI is InChI=1S/C37H46N2O5/c1-7-8-9-10-19-44-28-15-13-27(14-16-28)32-33(35(41)38-29-17-11-23(2)20-25(29)4)31(40)22-37(6,43)34(32)36(42)39-30-18-12-24(3)21-26(30)5/h11-18,20-21,32-34,43H,7-10,19,22H2,1-6H3,(H,38,41)(H,39,42). The minimum Gasteiger partial charge on any atom is -0.494 e. The van der Waals surface area contributed by atoms with E-state index >= 15 is 0 Å². The molecule has 4 rings (SSSR count). The topological polar surface area (TPSA) is 105 Å². The normalized spacial score (nSPS) is 21.5. The van der Waals surface area contributed by atoms with Gasteiger partial charge in [0.2, 0.25) is 11.8 Å². The molecular weight excluding hydrogens is 552 g/mol. The van der Waals surface area contributed by atoms with Crippen molar-refractivity contribution in [3.63, 3.8) is 0 Å². The van der Waals surface area contributed by atoms with Crippen molar-refractivity contribution in [1.29, 1.82) is 0 Å². The molecule has 7 heteroatoms. The number of benzene rings is 3. The minimum atomic E-state index is -1.69. The lowest BCUT2D eigenvalue weighted by Gasteiger charge is -2.44. The second-order valence-corrected chi connectivity index (χ2v) is 12.6. The molecule has 2 amide bonds. The molecule has 3 aromatic carbocycles. The van der Waals surface area contributed by atoms with Gasteiger partial charge in [-0.25, -0.2) is 0 Å². The predicted octanol–water partition coefficient (Wildman–Crippen LogP) is 7.20. The molecule has 44 heavy (non-hydrogen) atoms. The molecule has 0 aromatic heterocycles. The molecule has 0 spiro atoms. The van der Waals surface area contributed by atoms with Crippen molar-refractivity contribution >= 4 is 29.0 Å². The first-order valence-electron chi connectivity index (χ1n) is 15.7. The lowest BCUT2D eigenvalue weighted by atomic mass is 9.61. The van der Waals surface area contributed by atoms with Crippen LogP contribution < -0.4 is 15.4 Å². The molecule has 0 saturated heterocycles. The summed E-state index contributed by atoms with van der Waals surface area (Å²) in [6, 6.07) is 18.6. The number of carbonyl (C=O) groups excluding carboxylic acids is 3. The molecule has 1 saturated carbocycles. The van der Waals surface area contributed by atoms with Crippen LogP contribution in [0, 0.1) is 39.5 Å². The maximum absolute atomic E-state index is 14.1. The van der Waals surface area contributed by atoms with E-state index in [9.17, 15) is 19.5 Å². The number of nitrogens with one attached hydrogen (secondary N) is 2. The van der Waals surface area contributed by atoms with Crippen LogP contribution in [0.3, 0.4) is 0 Å². The van der Waals surface area contributed by atoms with Gasteiger partial charge in [-0.2, -0.15) is 0 Å². The molecule has 0 aliphatic heterocycles. The Hall–Kier alpha value is -3.97. The van der Waals surface area contributed by atoms with Crippen molar-refractivity contribution in [3.8, 4) is 5.75 Å². The molecule has 1 aliphatic rings. The van der Waals surface area contributed by atoms with Gasteiger partial charge < -0.3 is 20.5 Å². The molecule has 7 nitrogen and oxygen atoms in total. The van der Waals surface area contributed by atoms with E-state index in [4.69, 9.17) is 4.74 Å². The van der Waals surface area contributed by atoms with Crippen molar-refractivity contribution in [1.82, 2.24) is 0 Å². The molecular formula is C37H46N2O5. The summed E-state index contributed by atoms with van der Waals surface area (Å²) in [6.07, 6.45) is 4.04. The van der Waals surface area contributed by atoms with Crippen LogP contribution in [0.4, 0.5) is 11.4 Å². The van der Waals surface area contributed by atoms with E-state index in [1.54, 1.807) is 24.3 Å². The van der Waals surface area contributed by atoms with Gasteiger partial charge in [-0.15, -0.1) is 0 Å². The summed E-state index contributed by atoms with van der Waals surface area (Å²) in [5.74, 6) is -3.87. The summed E-state index contributed by atoms with van der Waals surface area (Å²) < 4.78 is 5.93. The number of hydrogen-bond donors (Lipinski definition) is 3. The van der Waals surface area contributed by atoms with Gasteiger partial charge in [-0.1, -0.05) is 73.7 Å². The number of amides is 2. The van der Waals surface area contributed by atoms with Crippen molar-refractivity contribution in [2.45, 2.75) is 85.2 Å². The zero-order valence-electron chi connectivity index (χ0n) is 26.8. The molecule has 0 heterocycles. The Labute approximate surface area is 261 Å². The summed E-state index contributed by atoms with van der Waals surface area (Å²) in [4.78, 5) is 41.7. The van der Waals surface area contributed by atoms with Gasteiger partial charge in [0.25, 0.3) is 0 Å². The Kier molecular flexibility index (Phi) is 10.6. The van der Waals surface area contributed by atoms with E-state index < -0.39 is 41.0 Å². The van der Waals surface area contributed by atoms with Crippen LogP contribution in [0.25, 0.3) is 0 Å². The molecule has 4 unspecified atom stereocenters. The Balaban J connectivity index is 1.71. The fourth-order valence-corrected chi connectivity index (χ4v) is 6.33. The molecule has 3 N–H and O–H groups in total. The predicted molar refractivity (Wildman–Crippen MR) is 175 cm³/mol. The number of unbranched alkanes of at least 4 members (excludes halogenated alkanes) is 3. The number of anilines is 2. The number of rotatable bonds is 11. The van der Waals surface area contributed by atoms with Crippen molar-refractivity contribution in [2.75, 3.05) is 17.2 Å². The van der Waals surface area contributed by atoms with E-state index in [0.29, 0.717) is 29.3 Å². The first-order chi connectivity index (χ1) is 20.9. The lowest BCUT2D eigenvalue weighted by molar-refractivity contribution is -0.150. The molecule has 1 fully saturated rings. The summed E-state index contributed by atoms with van der Waals surface area (Å²) in [6.45, 7) is 12.0. The van der Waals surface area contributed by atoms with Crippen LogP contribution >= 0.6 is 0 Å². The molecule has 4 atom stereocenters. The lowest BCUT2D eigenvalue weighted by Crippen LogP contribution is -2.56. The molecule has 3 aromatic rings. The SMILES string of the molecule is CCCCCCOc1ccc(C2C(C(=O)Nc3ccc(C)cc3C)C(=O)CC(C)(O)C2C(=O)Nc2ccc(C)cc2C)cc1. The van der Waals surface area contributed by atoms with E-state index in [2.05, 4.69) is 17.6 Å². The molecule has 1 aliphatic carbocycles. The van der Waals surface area contributed by atoms with Gasteiger partial charge in [-0.3, -0.25) is 14.4 Å². The van der Waals surface area contributed by atoms with Gasteiger partial charge in [0.05, 0.1) is 18.1 Å². The zero-order chi connectivity index (χ0) is 32.0. The van der Waals surface area contributed by atoms with Gasteiger partial charge in [-0.05, 0) is 82.0 Å². The third kappa shape index (κ3) is 7.75. The Morgan fingerprint density at radius 1 is 0.841 bits per heavy atom. The summed E-state index contributed by atoms with van der Waals surface area (Å²) in [5, 5.41) is 17.6.